The van der Waals surface area contributed by atoms with Gasteiger partial charge >= 0.3 is 5.97 Å². The fraction of sp³-hybridized carbons (Fsp3) is 0.467. The van der Waals surface area contributed by atoms with Crippen LogP contribution in [0.15, 0.2) is 24.3 Å². The number of carboxylic acid groups (broad SMARTS) is 1. The van der Waals surface area contributed by atoms with E-state index < -0.39 is 11.9 Å². The van der Waals surface area contributed by atoms with E-state index in [0.29, 0.717) is 13.2 Å². The highest BCUT2D eigenvalue weighted by molar-refractivity contribution is 5.99. The number of hydrogen-bond donors (Lipinski definition) is 1. The van der Waals surface area contributed by atoms with E-state index in [-0.39, 0.29) is 18.9 Å². The van der Waals surface area contributed by atoms with E-state index in [1.165, 1.54) is 0 Å². The molecule has 2 heterocycles. The van der Waals surface area contributed by atoms with Crippen molar-refractivity contribution in [3.8, 4) is 0 Å². The van der Waals surface area contributed by atoms with Gasteiger partial charge in [-0.3, -0.25) is 9.59 Å². The van der Waals surface area contributed by atoms with Gasteiger partial charge in [0.25, 0.3) is 0 Å². The number of morpholine rings is 1. The number of hydrogen-bond acceptors (Lipinski definition) is 4. The highest BCUT2D eigenvalue weighted by Gasteiger charge is 2.35. The molecule has 6 nitrogen and oxygen atoms in total. The Balaban J connectivity index is 1.79. The third kappa shape index (κ3) is 2.85. The second-order valence-corrected chi connectivity index (χ2v) is 5.36. The summed E-state index contributed by atoms with van der Waals surface area (Å²) in [5.74, 6) is -1.64. The number of aliphatic carboxylic acids is 1. The molecule has 0 spiro atoms. The van der Waals surface area contributed by atoms with Crippen molar-refractivity contribution < 1.29 is 19.4 Å². The minimum atomic E-state index is -0.907. The summed E-state index contributed by atoms with van der Waals surface area (Å²) < 4.78 is 5.34. The SMILES string of the molecule is O=C(O)C1CC(=O)N(c2cccc(N3CCOCC3)c2)C1. The molecule has 2 fully saturated rings. The molecule has 21 heavy (non-hydrogen) atoms. The van der Waals surface area contributed by atoms with E-state index in [0.717, 1.165) is 24.5 Å². The third-order valence-corrected chi connectivity index (χ3v) is 3.99. The molecule has 0 saturated carbocycles. The Hall–Kier alpha value is -2.08. The number of carbonyl (C=O) groups excluding carboxylic acids is 1. The normalized spacial score (nSPS) is 22.7. The van der Waals surface area contributed by atoms with Crippen molar-refractivity contribution in [3.63, 3.8) is 0 Å². The summed E-state index contributed by atoms with van der Waals surface area (Å²) in [6, 6.07) is 7.71. The van der Waals surface area contributed by atoms with Gasteiger partial charge in [0.15, 0.2) is 0 Å². The van der Waals surface area contributed by atoms with Gasteiger partial charge in [-0.1, -0.05) is 6.07 Å². The molecule has 2 aliphatic heterocycles. The lowest BCUT2D eigenvalue weighted by molar-refractivity contribution is -0.141. The number of ether oxygens (including phenoxy) is 1. The van der Waals surface area contributed by atoms with Crippen LogP contribution in [0.2, 0.25) is 0 Å². The average Bonchev–Trinajstić information content (AvgIpc) is 2.91. The molecular weight excluding hydrogens is 272 g/mol. The summed E-state index contributed by atoms with van der Waals surface area (Å²) in [5, 5.41) is 9.05. The van der Waals surface area contributed by atoms with Crippen molar-refractivity contribution >= 4 is 23.3 Å². The van der Waals surface area contributed by atoms with Gasteiger partial charge in [0.05, 0.1) is 19.1 Å². The van der Waals surface area contributed by atoms with Gasteiger partial charge in [-0.25, -0.2) is 0 Å². The summed E-state index contributed by atoms with van der Waals surface area (Å²) in [5.41, 5.74) is 1.81. The molecule has 2 aliphatic rings. The lowest BCUT2D eigenvalue weighted by atomic mass is 10.1. The van der Waals surface area contributed by atoms with Crippen molar-refractivity contribution in [1.82, 2.24) is 0 Å². The Morgan fingerprint density at radius 2 is 1.95 bits per heavy atom. The first-order valence-corrected chi connectivity index (χ1v) is 7.11. The fourth-order valence-electron chi connectivity index (χ4n) is 2.80. The predicted molar refractivity (Wildman–Crippen MR) is 77.6 cm³/mol. The Kier molecular flexibility index (Phi) is 3.79. The molecule has 0 radical (unpaired) electrons. The molecule has 0 bridgehead atoms. The smallest absolute Gasteiger partial charge is 0.308 e. The zero-order valence-corrected chi connectivity index (χ0v) is 11.7. The summed E-state index contributed by atoms with van der Waals surface area (Å²) in [6.07, 6.45) is 0.0805. The topological polar surface area (TPSA) is 70.1 Å². The Labute approximate surface area is 122 Å². The molecule has 112 valence electrons. The van der Waals surface area contributed by atoms with Crippen LogP contribution in [-0.2, 0) is 14.3 Å². The van der Waals surface area contributed by atoms with Crippen LogP contribution in [0.4, 0.5) is 11.4 Å². The number of rotatable bonds is 3. The second kappa shape index (κ2) is 5.73. The first-order valence-electron chi connectivity index (χ1n) is 7.11. The largest absolute Gasteiger partial charge is 0.481 e. The molecule has 2 saturated heterocycles. The zero-order valence-electron chi connectivity index (χ0n) is 11.7. The monoisotopic (exact) mass is 290 g/mol. The minimum absolute atomic E-state index is 0.0805. The van der Waals surface area contributed by atoms with Crippen LogP contribution in [0, 0.1) is 5.92 Å². The maximum Gasteiger partial charge on any atom is 0.308 e. The Morgan fingerprint density at radius 1 is 1.24 bits per heavy atom. The minimum Gasteiger partial charge on any atom is -0.481 e. The van der Waals surface area contributed by atoms with Crippen LogP contribution in [0.3, 0.4) is 0 Å². The number of anilines is 2. The lowest BCUT2D eigenvalue weighted by Crippen LogP contribution is -2.36. The molecule has 0 aliphatic carbocycles. The second-order valence-electron chi connectivity index (χ2n) is 5.36. The van der Waals surface area contributed by atoms with Crippen molar-refractivity contribution in [1.29, 1.82) is 0 Å². The van der Waals surface area contributed by atoms with E-state index in [1.807, 2.05) is 24.3 Å². The Bertz CT molecular complexity index is 554. The maximum absolute atomic E-state index is 12.0. The van der Waals surface area contributed by atoms with Gasteiger partial charge < -0.3 is 19.6 Å². The quantitative estimate of drug-likeness (QED) is 0.898. The molecule has 1 amide bonds. The molecule has 1 N–H and O–H groups in total. The van der Waals surface area contributed by atoms with Crippen LogP contribution in [0.1, 0.15) is 6.42 Å². The van der Waals surface area contributed by atoms with Gasteiger partial charge in [-0.15, -0.1) is 0 Å². The highest BCUT2D eigenvalue weighted by Crippen LogP contribution is 2.28. The summed E-state index contributed by atoms with van der Waals surface area (Å²) in [4.78, 5) is 26.8. The van der Waals surface area contributed by atoms with Crippen LogP contribution in [0.5, 0.6) is 0 Å². The van der Waals surface area contributed by atoms with Crippen molar-refractivity contribution in [2.75, 3.05) is 42.6 Å². The lowest BCUT2D eigenvalue weighted by Gasteiger charge is -2.29. The van der Waals surface area contributed by atoms with Crippen LogP contribution in [-0.4, -0.2) is 49.8 Å². The zero-order chi connectivity index (χ0) is 14.8. The van der Waals surface area contributed by atoms with Crippen LogP contribution < -0.4 is 9.80 Å². The van der Waals surface area contributed by atoms with Gasteiger partial charge in [-0.2, -0.15) is 0 Å². The molecular formula is C15H18N2O4. The number of nitrogens with zero attached hydrogens (tertiary/aromatic N) is 2. The van der Waals surface area contributed by atoms with E-state index in [4.69, 9.17) is 9.84 Å². The standard InChI is InChI=1S/C15H18N2O4/c18-14-8-11(15(19)20)10-17(14)13-3-1-2-12(9-13)16-4-6-21-7-5-16/h1-3,9,11H,4-8,10H2,(H,19,20). The predicted octanol–water partition coefficient (Wildman–Crippen LogP) is 0.961. The van der Waals surface area contributed by atoms with E-state index in [9.17, 15) is 9.59 Å². The summed E-state index contributed by atoms with van der Waals surface area (Å²) >= 11 is 0. The van der Waals surface area contributed by atoms with Gasteiger partial charge in [-0.05, 0) is 18.2 Å². The van der Waals surface area contributed by atoms with E-state index in [1.54, 1.807) is 4.90 Å². The van der Waals surface area contributed by atoms with Gasteiger partial charge in [0.1, 0.15) is 0 Å². The number of benzene rings is 1. The van der Waals surface area contributed by atoms with Gasteiger partial charge in [0.2, 0.25) is 5.91 Å². The summed E-state index contributed by atoms with van der Waals surface area (Å²) in [6.45, 7) is 3.31. The van der Waals surface area contributed by atoms with E-state index in [2.05, 4.69) is 4.90 Å². The first-order chi connectivity index (χ1) is 10.1. The first kappa shape index (κ1) is 13.9. The molecule has 1 aromatic carbocycles. The molecule has 0 aromatic heterocycles. The highest BCUT2D eigenvalue weighted by atomic mass is 16.5. The van der Waals surface area contributed by atoms with Crippen LogP contribution in [0.25, 0.3) is 0 Å². The van der Waals surface area contributed by atoms with E-state index >= 15 is 0 Å². The number of carboxylic acids is 1. The summed E-state index contributed by atoms with van der Waals surface area (Å²) in [7, 11) is 0. The van der Waals surface area contributed by atoms with Crippen molar-refractivity contribution in [2.24, 2.45) is 5.92 Å². The average molecular weight is 290 g/mol. The van der Waals surface area contributed by atoms with Gasteiger partial charge in [0, 0.05) is 37.4 Å². The molecule has 3 rings (SSSR count). The maximum atomic E-state index is 12.0. The molecule has 1 atom stereocenters. The number of carbonyl (C=O) groups is 2. The van der Waals surface area contributed by atoms with Crippen LogP contribution >= 0.6 is 0 Å². The third-order valence-electron chi connectivity index (χ3n) is 3.99. The van der Waals surface area contributed by atoms with Crippen molar-refractivity contribution in [3.05, 3.63) is 24.3 Å². The molecule has 6 heteroatoms. The number of amides is 1. The molecule has 1 aromatic rings. The fourth-order valence-corrected chi connectivity index (χ4v) is 2.80. The van der Waals surface area contributed by atoms with Crippen molar-refractivity contribution in [2.45, 2.75) is 6.42 Å². The molecule has 1 unspecified atom stereocenters. The Morgan fingerprint density at radius 3 is 2.62 bits per heavy atom.